The van der Waals surface area contributed by atoms with Gasteiger partial charge in [-0.2, -0.15) is 0 Å². The van der Waals surface area contributed by atoms with Gasteiger partial charge in [0.1, 0.15) is 0 Å². The van der Waals surface area contributed by atoms with Crippen molar-refractivity contribution in [2.24, 2.45) is 0 Å². The second kappa shape index (κ2) is 12.1. The van der Waals surface area contributed by atoms with Crippen LogP contribution in [0, 0.1) is 0 Å². The maximum atomic E-state index is 6.59. The van der Waals surface area contributed by atoms with E-state index in [1.807, 2.05) is 24.3 Å². The van der Waals surface area contributed by atoms with Gasteiger partial charge in [0.25, 0.3) is 0 Å². The molecule has 2 heterocycles. The highest BCUT2D eigenvalue weighted by Gasteiger charge is 2.28. The van der Waals surface area contributed by atoms with Crippen LogP contribution in [0.25, 0.3) is 0 Å². The van der Waals surface area contributed by atoms with Crippen molar-refractivity contribution in [3.05, 3.63) is 55.5 Å². The molecule has 0 radical (unpaired) electrons. The van der Waals surface area contributed by atoms with Gasteiger partial charge < -0.3 is 18.9 Å². The SMILES string of the molecule is CC(C)(c1cc(Cl)c(OCCCCC2CO2)c(Cl)c1)c1cc(Cl)c(OCCCCC2CO2)c(Cl)c1. The summed E-state index contributed by atoms with van der Waals surface area (Å²) in [4.78, 5) is 0. The highest BCUT2D eigenvalue weighted by Crippen LogP contribution is 2.44. The highest BCUT2D eigenvalue weighted by molar-refractivity contribution is 6.38. The Morgan fingerprint density at radius 3 is 1.34 bits per heavy atom. The lowest BCUT2D eigenvalue weighted by molar-refractivity contribution is 0.299. The van der Waals surface area contributed by atoms with Crippen LogP contribution in [0.15, 0.2) is 24.3 Å². The number of benzene rings is 2. The number of epoxide rings is 2. The zero-order valence-corrected chi connectivity index (χ0v) is 23.2. The summed E-state index contributed by atoms with van der Waals surface area (Å²) in [7, 11) is 0. The molecule has 2 aliphatic heterocycles. The lowest BCUT2D eigenvalue weighted by Crippen LogP contribution is -2.19. The van der Waals surface area contributed by atoms with E-state index in [0.717, 1.165) is 62.9 Å². The summed E-state index contributed by atoms with van der Waals surface area (Å²) in [6.07, 6.45) is 7.01. The van der Waals surface area contributed by atoms with E-state index in [1.165, 1.54) is 0 Å². The van der Waals surface area contributed by atoms with Crippen molar-refractivity contribution < 1.29 is 18.9 Å². The average molecular weight is 562 g/mol. The predicted molar refractivity (Wildman–Crippen MR) is 143 cm³/mol. The molecule has 4 rings (SSSR count). The summed E-state index contributed by atoms with van der Waals surface area (Å²) in [5.74, 6) is 1.03. The fourth-order valence-electron chi connectivity index (χ4n) is 4.05. The molecule has 0 saturated carbocycles. The van der Waals surface area contributed by atoms with Crippen molar-refractivity contribution in [1.82, 2.24) is 0 Å². The van der Waals surface area contributed by atoms with Gasteiger partial charge in [0, 0.05) is 5.41 Å². The second-order valence-corrected chi connectivity index (χ2v) is 11.4. The second-order valence-electron chi connectivity index (χ2n) is 9.76. The Balaban J connectivity index is 1.39. The van der Waals surface area contributed by atoms with Gasteiger partial charge in [-0.15, -0.1) is 0 Å². The molecule has 0 amide bonds. The van der Waals surface area contributed by atoms with E-state index in [1.54, 1.807) is 0 Å². The summed E-state index contributed by atoms with van der Waals surface area (Å²) >= 11 is 26.3. The number of halogens is 4. The van der Waals surface area contributed by atoms with Crippen LogP contribution in [0.1, 0.15) is 63.5 Å². The van der Waals surface area contributed by atoms with E-state index in [4.69, 9.17) is 65.4 Å². The van der Waals surface area contributed by atoms with Gasteiger partial charge >= 0.3 is 0 Å². The largest absolute Gasteiger partial charge is 0.490 e. The van der Waals surface area contributed by atoms with Gasteiger partial charge in [-0.05, 0) is 73.9 Å². The molecule has 0 aromatic heterocycles. The first kappa shape index (κ1) is 27.2. The summed E-state index contributed by atoms with van der Waals surface area (Å²) in [5, 5.41) is 1.94. The molecule has 0 N–H and O–H groups in total. The van der Waals surface area contributed by atoms with Crippen molar-refractivity contribution >= 4 is 46.4 Å². The van der Waals surface area contributed by atoms with Gasteiger partial charge in [0.15, 0.2) is 11.5 Å². The average Bonchev–Trinajstić information content (AvgIpc) is 3.72. The third-order valence-electron chi connectivity index (χ3n) is 6.58. The number of ether oxygens (including phenoxy) is 4. The molecule has 8 heteroatoms. The van der Waals surface area contributed by atoms with E-state index in [0.29, 0.717) is 57.0 Å². The van der Waals surface area contributed by atoms with Gasteiger partial charge in [-0.1, -0.05) is 60.3 Å². The molecule has 2 aromatic carbocycles. The monoisotopic (exact) mass is 560 g/mol. The number of hydrogen-bond donors (Lipinski definition) is 0. The summed E-state index contributed by atoms with van der Waals surface area (Å²) in [6, 6.07) is 7.60. The van der Waals surface area contributed by atoms with E-state index in [2.05, 4.69) is 13.8 Å². The molecule has 0 aliphatic carbocycles. The Bertz CT molecular complexity index is 893. The van der Waals surface area contributed by atoms with Crippen molar-refractivity contribution in [2.75, 3.05) is 26.4 Å². The Morgan fingerprint density at radius 2 is 1.03 bits per heavy atom. The zero-order valence-electron chi connectivity index (χ0n) is 20.2. The third kappa shape index (κ3) is 7.56. The minimum absolute atomic E-state index is 0.443. The topological polar surface area (TPSA) is 43.5 Å². The van der Waals surface area contributed by atoms with Crippen molar-refractivity contribution in [2.45, 2.75) is 70.0 Å². The van der Waals surface area contributed by atoms with Crippen LogP contribution in [0.2, 0.25) is 20.1 Å². The van der Waals surface area contributed by atoms with Crippen LogP contribution in [-0.2, 0) is 14.9 Å². The first-order valence-corrected chi connectivity index (χ1v) is 13.7. The first-order chi connectivity index (χ1) is 16.8. The van der Waals surface area contributed by atoms with E-state index < -0.39 is 5.41 Å². The van der Waals surface area contributed by atoms with E-state index >= 15 is 0 Å². The van der Waals surface area contributed by atoms with Crippen molar-refractivity contribution in [3.63, 3.8) is 0 Å². The van der Waals surface area contributed by atoms with Crippen LogP contribution < -0.4 is 9.47 Å². The minimum atomic E-state index is -0.452. The van der Waals surface area contributed by atoms with E-state index in [9.17, 15) is 0 Å². The van der Waals surface area contributed by atoms with Gasteiger partial charge in [0.2, 0.25) is 0 Å². The van der Waals surface area contributed by atoms with Gasteiger partial charge in [-0.3, -0.25) is 0 Å². The Hall–Kier alpha value is -0.880. The quantitative estimate of drug-likeness (QED) is 0.171. The van der Waals surface area contributed by atoms with Crippen molar-refractivity contribution in [1.29, 1.82) is 0 Å². The van der Waals surface area contributed by atoms with Crippen LogP contribution >= 0.6 is 46.4 Å². The van der Waals surface area contributed by atoms with Crippen LogP contribution in [-0.4, -0.2) is 38.6 Å². The molecule has 0 bridgehead atoms. The van der Waals surface area contributed by atoms with Gasteiger partial charge in [-0.25, -0.2) is 0 Å². The summed E-state index contributed by atoms with van der Waals surface area (Å²) < 4.78 is 22.3. The van der Waals surface area contributed by atoms with Crippen LogP contribution in [0.3, 0.4) is 0 Å². The maximum Gasteiger partial charge on any atom is 0.156 e. The maximum absolute atomic E-state index is 6.59. The Kier molecular flexibility index (Phi) is 9.40. The molecule has 35 heavy (non-hydrogen) atoms. The molecule has 0 spiro atoms. The number of rotatable bonds is 14. The van der Waals surface area contributed by atoms with E-state index in [-0.39, 0.29) is 0 Å². The summed E-state index contributed by atoms with van der Waals surface area (Å²) in [5.41, 5.74) is 1.43. The fourth-order valence-corrected chi connectivity index (χ4v) is 5.24. The standard InChI is InChI=1S/C27H32Cl4O4/c1-27(2,17-11-21(28)25(22(29)12-17)32-9-5-3-7-19-15-34-19)18-13-23(30)26(24(31)14-18)33-10-6-4-8-20-16-35-20/h11-14,19-20H,3-10,15-16H2,1-2H3. The first-order valence-electron chi connectivity index (χ1n) is 12.2. The zero-order chi connectivity index (χ0) is 25.0. The number of hydrogen-bond acceptors (Lipinski definition) is 4. The predicted octanol–water partition coefficient (Wildman–Crippen LogP) is 8.52. The van der Waals surface area contributed by atoms with Crippen LogP contribution in [0.5, 0.6) is 11.5 Å². The highest BCUT2D eigenvalue weighted by atomic mass is 35.5. The molecule has 2 aromatic rings. The molecule has 4 nitrogen and oxygen atoms in total. The molecule has 2 unspecified atom stereocenters. The van der Waals surface area contributed by atoms with Gasteiger partial charge in [0.05, 0.1) is 58.7 Å². The van der Waals surface area contributed by atoms with Crippen molar-refractivity contribution in [3.8, 4) is 11.5 Å². The molecular weight excluding hydrogens is 530 g/mol. The summed E-state index contributed by atoms with van der Waals surface area (Å²) in [6.45, 7) is 7.07. The molecular formula is C27H32Cl4O4. The minimum Gasteiger partial charge on any atom is -0.490 e. The molecule has 2 fully saturated rings. The van der Waals surface area contributed by atoms with Crippen LogP contribution in [0.4, 0.5) is 0 Å². The fraction of sp³-hybridized carbons (Fsp3) is 0.556. The molecule has 192 valence electrons. The molecule has 2 atom stereocenters. The normalized spacial score (nSPS) is 19.0. The Morgan fingerprint density at radius 1 is 0.686 bits per heavy atom. The molecule has 2 aliphatic rings. The smallest absolute Gasteiger partial charge is 0.156 e. The number of unbranched alkanes of at least 4 members (excludes halogenated alkanes) is 2. The Labute approximate surface area is 228 Å². The third-order valence-corrected chi connectivity index (χ3v) is 7.70. The lowest BCUT2D eigenvalue weighted by Gasteiger charge is -2.28. The molecule has 2 saturated heterocycles. The lowest BCUT2D eigenvalue weighted by atomic mass is 9.78.